The number of aromatic nitrogens is 3. The fraction of sp³-hybridized carbons (Fsp3) is 0.250. The summed E-state index contributed by atoms with van der Waals surface area (Å²) >= 11 is 0. The van der Waals surface area contributed by atoms with Crippen molar-refractivity contribution in [2.24, 2.45) is 0 Å². The van der Waals surface area contributed by atoms with E-state index in [0.717, 1.165) is 12.1 Å². The Balaban J connectivity index is 1.64. The second-order valence-electron chi connectivity index (χ2n) is 6.93. The van der Waals surface area contributed by atoms with Crippen LogP contribution in [0.4, 0.5) is 24.5 Å². The Bertz CT molecular complexity index is 1150. The first-order valence-corrected chi connectivity index (χ1v) is 9.22. The van der Waals surface area contributed by atoms with Gasteiger partial charge < -0.3 is 15.1 Å². The highest BCUT2D eigenvalue weighted by Gasteiger charge is 2.48. The monoisotopic (exact) mass is 428 g/mol. The van der Waals surface area contributed by atoms with Crippen molar-refractivity contribution in [2.45, 2.75) is 24.4 Å². The van der Waals surface area contributed by atoms with Gasteiger partial charge in [-0.1, -0.05) is 0 Å². The molecule has 0 spiro atoms. The van der Waals surface area contributed by atoms with Crippen LogP contribution in [0.1, 0.15) is 24.3 Å². The van der Waals surface area contributed by atoms with Crippen molar-refractivity contribution in [1.82, 2.24) is 20.5 Å². The standard InChI is InChI=1S/C20H15F3N6O2/c21-20(22,23)12-3-5-13(6-4-12)27-14-2-1-10-25-15(14)16-28-29-18(31-16)19(7-9-24)8-11-26-17(19)30/h1-6,10,27H,7-8,11H2,(H,26,30)/t19-/m1/s1. The number of pyridine rings is 1. The van der Waals surface area contributed by atoms with Crippen molar-refractivity contribution < 1.29 is 22.4 Å². The Morgan fingerprint density at radius 2 is 2.00 bits per heavy atom. The van der Waals surface area contributed by atoms with Gasteiger partial charge in [0.05, 0.1) is 23.7 Å². The minimum Gasteiger partial charge on any atom is -0.418 e. The van der Waals surface area contributed by atoms with E-state index in [9.17, 15) is 18.0 Å². The molecule has 8 nitrogen and oxygen atoms in total. The van der Waals surface area contributed by atoms with Crippen molar-refractivity contribution in [3.05, 3.63) is 54.0 Å². The van der Waals surface area contributed by atoms with E-state index in [0.29, 0.717) is 24.3 Å². The molecule has 0 unspecified atom stereocenters. The lowest BCUT2D eigenvalue weighted by Crippen LogP contribution is -2.35. The molecule has 4 rings (SSSR count). The van der Waals surface area contributed by atoms with Gasteiger partial charge in [-0.25, -0.2) is 4.98 Å². The van der Waals surface area contributed by atoms with Gasteiger partial charge in [0.25, 0.3) is 5.89 Å². The molecule has 2 N–H and O–H groups in total. The first-order valence-electron chi connectivity index (χ1n) is 9.22. The van der Waals surface area contributed by atoms with Crippen molar-refractivity contribution in [1.29, 1.82) is 5.26 Å². The summed E-state index contributed by atoms with van der Waals surface area (Å²) in [6.45, 7) is 0.391. The predicted molar refractivity (Wildman–Crippen MR) is 102 cm³/mol. The van der Waals surface area contributed by atoms with Gasteiger partial charge >= 0.3 is 6.18 Å². The summed E-state index contributed by atoms with van der Waals surface area (Å²) in [6, 6.07) is 9.80. The van der Waals surface area contributed by atoms with Crippen molar-refractivity contribution in [2.75, 3.05) is 11.9 Å². The van der Waals surface area contributed by atoms with Gasteiger partial charge in [-0.3, -0.25) is 4.79 Å². The molecule has 1 fully saturated rings. The van der Waals surface area contributed by atoms with Crippen molar-refractivity contribution in [3.63, 3.8) is 0 Å². The van der Waals surface area contributed by atoms with Gasteiger partial charge in [-0.05, 0) is 42.8 Å². The zero-order chi connectivity index (χ0) is 22.1. The molecule has 2 aromatic heterocycles. The number of halogens is 3. The maximum atomic E-state index is 12.8. The topological polar surface area (TPSA) is 117 Å². The highest BCUT2D eigenvalue weighted by atomic mass is 19.4. The second-order valence-corrected chi connectivity index (χ2v) is 6.93. The molecular weight excluding hydrogens is 413 g/mol. The van der Waals surface area contributed by atoms with Crippen LogP contribution in [-0.4, -0.2) is 27.6 Å². The molecule has 1 aromatic carbocycles. The van der Waals surface area contributed by atoms with E-state index in [4.69, 9.17) is 9.68 Å². The molecule has 0 saturated carbocycles. The fourth-order valence-electron chi connectivity index (χ4n) is 3.34. The van der Waals surface area contributed by atoms with Gasteiger partial charge in [-0.2, -0.15) is 18.4 Å². The molecule has 1 amide bonds. The minimum atomic E-state index is -4.43. The summed E-state index contributed by atoms with van der Waals surface area (Å²) in [7, 11) is 0. The van der Waals surface area contributed by atoms with Gasteiger partial charge in [0.15, 0.2) is 5.69 Å². The van der Waals surface area contributed by atoms with E-state index in [2.05, 4.69) is 25.8 Å². The third-order valence-electron chi connectivity index (χ3n) is 4.99. The average molecular weight is 428 g/mol. The van der Waals surface area contributed by atoms with Crippen molar-refractivity contribution in [3.8, 4) is 17.7 Å². The molecule has 1 aliphatic rings. The summed E-state index contributed by atoms with van der Waals surface area (Å²) in [4.78, 5) is 16.6. The first-order chi connectivity index (χ1) is 14.8. The fourth-order valence-corrected chi connectivity index (χ4v) is 3.34. The van der Waals surface area contributed by atoms with Gasteiger partial charge in [-0.15, -0.1) is 10.2 Å². The first kappa shape index (κ1) is 20.3. The molecule has 1 saturated heterocycles. The number of nitriles is 1. The number of nitrogens with one attached hydrogen (secondary N) is 2. The summed E-state index contributed by atoms with van der Waals surface area (Å²) < 4.78 is 44.0. The van der Waals surface area contributed by atoms with E-state index >= 15 is 0 Å². The number of rotatable bonds is 5. The van der Waals surface area contributed by atoms with Crippen LogP contribution in [0, 0.1) is 11.3 Å². The van der Waals surface area contributed by atoms with E-state index < -0.39 is 17.2 Å². The van der Waals surface area contributed by atoms with Crippen LogP contribution in [0.15, 0.2) is 47.0 Å². The van der Waals surface area contributed by atoms with Crippen LogP contribution < -0.4 is 10.6 Å². The molecule has 1 atom stereocenters. The zero-order valence-electron chi connectivity index (χ0n) is 15.9. The van der Waals surface area contributed by atoms with E-state index in [1.807, 2.05) is 6.07 Å². The Hall–Kier alpha value is -3.94. The zero-order valence-corrected chi connectivity index (χ0v) is 15.9. The van der Waals surface area contributed by atoms with E-state index in [-0.39, 0.29) is 29.8 Å². The number of carbonyl (C=O) groups is 1. The predicted octanol–water partition coefficient (Wildman–Crippen LogP) is 3.57. The highest BCUT2D eigenvalue weighted by molar-refractivity contribution is 5.89. The second kappa shape index (κ2) is 7.71. The summed E-state index contributed by atoms with van der Waals surface area (Å²) in [5.41, 5.74) is -0.897. The molecule has 3 aromatic rings. The largest absolute Gasteiger partial charge is 0.418 e. The van der Waals surface area contributed by atoms with Gasteiger partial charge in [0.1, 0.15) is 5.41 Å². The molecular formula is C20H15F3N6O2. The number of benzene rings is 1. The number of alkyl halides is 3. The van der Waals surface area contributed by atoms with Crippen LogP contribution in [0.5, 0.6) is 0 Å². The van der Waals surface area contributed by atoms with Crippen LogP contribution in [0.3, 0.4) is 0 Å². The maximum absolute atomic E-state index is 12.8. The molecule has 0 radical (unpaired) electrons. The van der Waals surface area contributed by atoms with Crippen LogP contribution in [0.25, 0.3) is 11.6 Å². The number of hydrogen-bond donors (Lipinski definition) is 2. The molecule has 31 heavy (non-hydrogen) atoms. The quantitative estimate of drug-likeness (QED) is 0.638. The summed E-state index contributed by atoms with van der Waals surface area (Å²) in [5, 5.41) is 22.8. The SMILES string of the molecule is N#CC[C@@]1(c2nnc(-c3ncccc3Nc3ccc(C(F)(F)F)cc3)o2)CCNC1=O. The number of nitrogens with zero attached hydrogens (tertiary/aromatic N) is 4. The Labute approximate surface area is 174 Å². The highest BCUT2D eigenvalue weighted by Crippen LogP contribution is 2.37. The smallest absolute Gasteiger partial charge is 0.416 e. The molecule has 11 heteroatoms. The third kappa shape index (κ3) is 3.79. The number of anilines is 2. The lowest BCUT2D eigenvalue weighted by atomic mass is 9.83. The van der Waals surface area contributed by atoms with Gasteiger partial charge in [0, 0.05) is 18.4 Å². The number of amides is 1. The van der Waals surface area contributed by atoms with Gasteiger partial charge in [0.2, 0.25) is 11.8 Å². The van der Waals surface area contributed by atoms with Crippen LogP contribution in [0.2, 0.25) is 0 Å². The lowest BCUT2D eigenvalue weighted by molar-refractivity contribution is -0.137. The Kier molecular flexibility index (Phi) is 5.06. The Morgan fingerprint density at radius 1 is 1.23 bits per heavy atom. The maximum Gasteiger partial charge on any atom is 0.416 e. The molecule has 158 valence electrons. The van der Waals surface area contributed by atoms with Crippen LogP contribution in [-0.2, 0) is 16.4 Å². The number of carbonyl (C=O) groups excluding carboxylic acids is 1. The molecule has 1 aliphatic heterocycles. The van der Waals surface area contributed by atoms with Crippen LogP contribution >= 0.6 is 0 Å². The van der Waals surface area contributed by atoms with E-state index in [1.165, 1.54) is 18.3 Å². The number of hydrogen-bond acceptors (Lipinski definition) is 7. The summed E-state index contributed by atoms with van der Waals surface area (Å²) in [5.74, 6) is -0.319. The third-order valence-corrected chi connectivity index (χ3v) is 4.99. The molecule has 0 aliphatic carbocycles. The average Bonchev–Trinajstić information content (AvgIpc) is 3.37. The minimum absolute atomic E-state index is 0.0158. The lowest BCUT2D eigenvalue weighted by Gasteiger charge is -2.17. The summed E-state index contributed by atoms with van der Waals surface area (Å²) in [6.07, 6.45) is -2.70. The molecule has 3 heterocycles. The molecule has 0 bridgehead atoms. The Morgan fingerprint density at radius 3 is 2.65 bits per heavy atom. The van der Waals surface area contributed by atoms with E-state index in [1.54, 1.807) is 12.1 Å². The normalized spacial score (nSPS) is 18.5. The van der Waals surface area contributed by atoms with Crippen molar-refractivity contribution >= 4 is 17.3 Å².